The summed E-state index contributed by atoms with van der Waals surface area (Å²) in [6.45, 7) is 13.8. The third-order valence-electron chi connectivity index (χ3n) is 13.8. The fourth-order valence-electron chi connectivity index (χ4n) is 10.2. The number of ether oxygens (including phenoxy) is 1. The average Bonchev–Trinajstić information content (AvgIpc) is 3.76. The molecule has 2 N–H and O–H groups in total. The second kappa shape index (κ2) is 20.6. The Bertz CT molecular complexity index is 2860. The summed E-state index contributed by atoms with van der Waals surface area (Å²) in [5.74, 6) is 1.71. The van der Waals surface area contributed by atoms with Crippen molar-refractivity contribution in [2.75, 3.05) is 48.4 Å². The minimum absolute atomic E-state index is 0.0737. The van der Waals surface area contributed by atoms with Crippen LogP contribution in [0.1, 0.15) is 99.2 Å². The van der Waals surface area contributed by atoms with Crippen LogP contribution >= 0.6 is 11.6 Å². The van der Waals surface area contributed by atoms with Gasteiger partial charge in [-0.2, -0.15) is 5.10 Å². The van der Waals surface area contributed by atoms with E-state index in [1.54, 1.807) is 6.92 Å². The first kappa shape index (κ1) is 48.4. The molecule has 3 saturated heterocycles. The van der Waals surface area contributed by atoms with Gasteiger partial charge in [0.05, 0.1) is 27.3 Å². The van der Waals surface area contributed by atoms with E-state index in [2.05, 4.69) is 70.6 Å². The molecule has 0 saturated carbocycles. The number of carbonyl (C=O) groups excluding carboxylic acids is 4. The molecule has 3 aliphatic rings. The van der Waals surface area contributed by atoms with Gasteiger partial charge in [-0.25, -0.2) is 13.0 Å². The van der Waals surface area contributed by atoms with Crippen molar-refractivity contribution in [3.8, 4) is 0 Å². The van der Waals surface area contributed by atoms with Crippen LogP contribution < -0.4 is 20.4 Å². The van der Waals surface area contributed by atoms with Gasteiger partial charge in [-0.1, -0.05) is 54.6 Å². The molecule has 356 valence electrons. The molecule has 3 fully saturated rings. The molecule has 0 aliphatic carbocycles. The molecule has 68 heavy (non-hydrogen) atoms. The predicted molar refractivity (Wildman–Crippen MR) is 272 cm³/mol. The van der Waals surface area contributed by atoms with Gasteiger partial charge in [-0.15, -0.1) is 0 Å². The van der Waals surface area contributed by atoms with Crippen molar-refractivity contribution in [2.24, 2.45) is 0 Å². The maximum atomic E-state index is 14.1. The Morgan fingerprint density at radius 2 is 1.79 bits per heavy atom. The molecule has 1 amide bonds. The zero-order valence-corrected chi connectivity index (χ0v) is 41.0. The number of halogens is 1. The largest absolute Gasteiger partial charge is 0.484 e. The van der Waals surface area contributed by atoms with E-state index in [-0.39, 0.29) is 46.8 Å². The van der Waals surface area contributed by atoms with Gasteiger partial charge in [-0.3, -0.25) is 19.2 Å². The number of likely N-dealkylation sites (N-methyl/N-ethyl adjacent to an activating group) is 1. The smallest absolute Gasteiger partial charge is 0.246 e. The highest BCUT2D eigenvalue weighted by Gasteiger charge is 2.38. The van der Waals surface area contributed by atoms with Gasteiger partial charge in [0.15, 0.2) is 18.4 Å². The number of nitrogens with one attached hydrogen (secondary N) is 2. The molecule has 3 aliphatic heterocycles. The number of aromatic nitrogens is 2. The molecule has 3 aromatic carbocycles. The van der Waals surface area contributed by atoms with Crippen LogP contribution in [-0.2, 0) is 35.9 Å². The lowest BCUT2D eigenvalue weighted by Crippen LogP contribution is -2.53. The fourth-order valence-corrected chi connectivity index (χ4v) is 12.0. The number of pyridine rings is 1. The summed E-state index contributed by atoms with van der Waals surface area (Å²) in [5.41, 5.74) is 7.82. The Morgan fingerprint density at radius 1 is 1.01 bits per heavy atom. The molecule has 0 bridgehead atoms. The number of fused-ring (bicyclic) bond motifs is 2. The fraction of sp³-hybridized carbons (Fsp3) is 0.377. The molecule has 5 aromatic rings. The highest BCUT2D eigenvalue weighted by atomic mass is 35.5. The third kappa shape index (κ3) is 10.2. The Labute approximate surface area is 405 Å². The number of aldehydes is 3. The van der Waals surface area contributed by atoms with Crippen LogP contribution in [0.2, 0.25) is 0 Å². The third-order valence-corrected chi connectivity index (χ3v) is 16.0. The molecule has 2 aromatic heterocycles. The van der Waals surface area contributed by atoms with Crippen LogP contribution in [0.25, 0.3) is 21.9 Å². The summed E-state index contributed by atoms with van der Waals surface area (Å²) >= 11 is 6.71. The van der Waals surface area contributed by atoms with E-state index in [9.17, 15) is 23.4 Å². The topological polar surface area (TPSA) is 146 Å². The molecule has 15 heteroatoms. The van der Waals surface area contributed by atoms with E-state index < -0.39 is 11.0 Å². The van der Waals surface area contributed by atoms with Crippen LogP contribution in [0, 0.1) is 0 Å². The average molecular weight is 959 g/mol. The molecule has 8 rings (SSSR count). The van der Waals surface area contributed by atoms with Crippen molar-refractivity contribution in [3.05, 3.63) is 130 Å². The van der Waals surface area contributed by atoms with Crippen LogP contribution in [0.4, 0.5) is 17.2 Å². The lowest BCUT2D eigenvalue weighted by molar-refractivity contribution is -0.122. The minimum atomic E-state index is -1.26. The summed E-state index contributed by atoms with van der Waals surface area (Å²) < 4.78 is 23.6. The normalized spacial score (nSPS) is 20.3. The first-order valence-corrected chi connectivity index (χ1v) is 24.9. The number of carbonyl (C=O) groups is 4. The number of amides is 1. The van der Waals surface area contributed by atoms with Crippen molar-refractivity contribution in [1.82, 2.24) is 19.2 Å². The summed E-state index contributed by atoms with van der Waals surface area (Å²) in [6.07, 6.45) is 8.95. The van der Waals surface area contributed by atoms with E-state index in [0.29, 0.717) is 54.4 Å². The molecule has 3 atom stereocenters. The molecular weight excluding hydrogens is 898 g/mol. The van der Waals surface area contributed by atoms with Crippen molar-refractivity contribution in [1.29, 1.82) is 0 Å². The summed E-state index contributed by atoms with van der Waals surface area (Å²) in [6, 6.07) is 24.1. The first-order valence-electron chi connectivity index (χ1n) is 23.3. The maximum Gasteiger partial charge on any atom is 0.246 e. The number of anilines is 3. The monoisotopic (exact) mass is 957 g/mol. The van der Waals surface area contributed by atoms with Crippen molar-refractivity contribution in [3.63, 3.8) is 0 Å². The van der Waals surface area contributed by atoms with E-state index in [4.69, 9.17) is 21.4 Å². The van der Waals surface area contributed by atoms with Crippen LogP contribution in [-0.4, -0.2) is 93.8 Å². The van der Waals surface area contributed by atoms with Crippen molar-refractivity contribution >= 4 is 86.4 Å². The number of hydrogen-bond acceptors (Lipinski definition) is 10. The zero-order valence-electron chi connectivity index (χ0n) is 39.4. The van der Waals surface area contributed by atoms with E-state index in [1.165, 1.54) is 5.56 Å². The Morgan fingerprint density at radius 3 is 2.51 bits per heavy atom. The Kier molecular flexibility index (Phi) is 14.7. The predicted octanol–water partition coefficient (Wildman–Crippen LogP) is 9.09. The van der Waals surface area contributed by atoms with E-state index in [1.807, 2.05) is 72.0 Å². The molecule has 0 spiro atoms. The molecule has 3 unspecified atom stereocenters. The summed E-state index contributed by atoms with van der Waals surface area (Å²) in [4.78, 5) is 52.2. The zero-order chi connectivity index (χ0) is 48.3. The van der Waals surface area contributed by atoms with Gasteiger partial charge >= 0.3 is 0 Å². The number of rotatable bonds is 16. The van der Waals surface area contributed by atoms with Gasteiger partial charge in [0.1, 0.15) is 24.7 Å². The Hall–Kier alpha value is -6.09. The van der Waals surface area contributed by atoms with Crippen molar-refractivity contribution < 1.29 is 28.1 Å². The Balaban J connectivity index is 0.892. The minimum Gasteiger partial charge on any atom is -0.484 e. The standard InChI is InChI=1S/C53H60ClN7O6S/c1-34(31-63)51(67-26-25-62)50(54)36(3)39-9-7-11-41(28-39)56-42-20-24-61(53(4,5)30-42)68(66)33-37-17-23-60-43(27-37)29-48(57-60)59-21-18-38(19-22-59)44-14-16-46(49-40(32-64)10-8-12-45(44)49)58(6)47-15-13-35(2)55-52(47)65/h7-12,14,16-17,23,25,27-29,31-32,38,42,47,56H,2,13,15,18-22,24,26,30,33H2,1,3-6H3,(H,55,65)/b50-36-,51-34-. The van der Waals surface area contributed by atoms with Gasteiger partial charge < -0.3 is 25.2 Å². The molecule has 0 radical (unpaired) electrons. The van der Waals surface area contributed by atoms with Crippen LogP contribution in [0.3, 0.4) is 0 Å². The van der Waals surface area contributed by atoms with Gasteiger partial charge in [0, 0.05) is 84.1 Å². The van der Waals surface area contributed by atoms with E-state index >= 15 is 0 Å². The quantitative estimate of drug-likeness (QED) is 0.0425. The number of piperidine rings is 3. The lowest BCUT2D eigenvalue weighted by Gasteiger charge is -2.44. The molecule has 5 heterocycles. The highest BCUT2D eigenvalue weighted by Crippen LogP contribution is 2.40. The summed E-state index contributed by atoms with van der Waals surface area (Å²) in [5, 5.41) is 13.7. The number of benzene rings is 3. The van der Waals surface area contributed by atoms with Crippen LogP contribution in [0.15, 0.2) is 108 Å². The molecular formula is C53H60ClN7O6S. The number of nitrogens with zero attached hydrogens (tertiary/aromatic N) is 5. The highest BCUT2D eigenvalue weighted by molar-refractivity contribution is 7.81. The summed E-state index contributed by atoms with van der Waals surface area (Å²) in [7, 11) is 0.672. The van der Waals surface area contributed by atoms with Crippen molar-refractivity contribution in [2.45, 2.75) is 95.5 Å². The SMILES string of the molecule is C=C1CCC(N(C)c2ccc(C3CCN(c4cc5cc(CS(=O)N6CCC(Nc7cccc(/C(C)=C(Cl)/C(OCC=O)=C(\C)C=O)c7)CC6(C)C)ccn5n4)CC3)c3cccc(C=O)c23)C(=O)N1. The number of allylic oxidation sites excluding steroid dienone is 4. The van der Waals surface area contributed by atoms with Gasteiger partial charge in [0.25, 0.3) is 0 Å². The maximum absolute atomic E-state index is 14.1. The van der Waals surface area contributed by atoms with Gasteiger partial charge in [0.2, 0.25) is 5.91 Å². The molecule has 13 nitrogen and oxygen atoms in total. The first-order chi connectivity index (χ1) is 32.7. The second-order valence-corrected chi connectivity index (χ2v) is 20.6. The van der Waals surface area contributed by atoms with Crippen LogP contribution in [0.5, 0.6) is 0 Å². The van der Waals surface area contributed by atoms with E-state index in [0.717, 1.165) is 95.4 Å². The van der Waals surface area contributed by atoms with Gasteiger partial charge in [-0.05, 0) is 130 Å². The number of hydrogen-bond donors (Lipinski definition) is 2. The second-order valence-electron chi connectivity index (χ2n) is 18.8. The lowest BCUT2D eigenvalue weighted by atomic mass is 9.85.